The summed E-state index contributed by atoms with van der Waals surface area (Å²) in [5.41, 5.74) is 5.27. The molecule has 0 fully saturated rings. The van der Waals surface area contributed by atoms with Crippen molar-refractivity contribution in [2.24, 2.45) is 0 Å². The number of benzene rings is 6. The van der Waals surface area contributed by atoms with Gasteiger partial charge in [0.15, 0.2) is 0 Å². The normalized spacial score (nSPS) is 14.1. The van der Waals surface area contributed by atoms with Crippen molar-refractivity contribution in [1.29, 1.82) is 0 Å². The number of esters is 4. The highest BCUT2D eigenvalue weighted by Gasteiger charge is 2.46. The first-order chi connectivity index (χ1) is 33.2. The van der Waals surface area contributed by atoms with Crippen LogP contribution in [0.15, 0.2) is 109 Å². The lowest BCUT2D eigenvalue weighted by Gasteiger charge is -2.34. The molecule has 0 amide bonds. The lowest BCUT2D eigenvalue weighted by Crippen LogP contribution is -2.28. The van der Waals surface area contributed by atoms with Crippen molar-refractivity contribution in [2.75, 3.05) is 52.9 Å². The second-order valence-corrected chi connectivity index (χ2v) is 19.4. The molecular weight excluding hydrogens is 957 g/mol. The summed E-state index contributed by atoms with van der Waals surface area (Å²) >= 11 is 16.7. The van der Waals surface area contributed by atoms with Crippen LogP contribution in [-0.2, 0) is 43.5 Å². The van der Waals surface area contributed by atoms with Crippen molar-refractivity contribution in [3.05, 3.63) is 131 Å². The molecule has 0 heterocycles. The molecule has 0 N–H and O–H groups in total. The minimum atomic E-state index is -0.882. The molecule has 0 bridgehead atoms. The molecular formula is C53H54O12S4. The highest BCUT2D eigenvalue weighted by Crippen LogP contribution is 2.57. The van der Waals surface area contributed by atoms with E-state index in [0.29, 0.717) is 23.0 Å². The van der Waals surface area contributed by atoms with Crippen LogP contribution in [-0.4, -0.2) is 97.7 Å². The minimum Gasteiger partial charge on any atom is -0.490 e. The van der Waals surface area contributed by atoms with Crippen molar-refractivity contribution in [2.45, 2.75) is 54.1 Å². The van der Waals surface area contributed by atoms with Gasteiger partial charge in [0.25, 0.3) is 0 Å². The fourth-order valence-electron chi connectivity index (χ4n) is 8.16. The van der Waals surface area contributed by atoms with Crippen LogP contribution in [0.25, 0.3) is 32.7 Å². The third kappa shape index (κ3) is 11.9. The predicted molar refractivity (Wildman–Crippen MR) is 278 cm³/mol. The van der Waals surface area contributed by atoms with Gasteiger partial charge in [0.05, 0.1) is 26.4 Å². The highest BCUT2D eigenvalue weighted by atomic mass is 32.1. The topological polar surface area (TPSA) is 142 Å². The van der Waals surface area contributed by atoms with E-state index in [1.54, 1.807) is 39.8 Å². The molecule has 16 heteroatoms. The number of carbonyl (C=O) groups excluding carboxylic acids is 4. The quantitative estimate of drug-likeness (QED) is 0.0223. The fraction of sp³-hybridized carbons (Fsp3) is 0.321. The monoisotopic (exact) mass is 1010 g/mol. The highest BCUT2D eigenvalue weighted by molar-refractivity contribution is 7.82. The lowest BCUT2D eigenvalue weighted by molar-refractivity contribution is -0.144. The molecule has 6 aromatic rings. The van der Waals surface area contributed by atoms with E-state index in [0.717, 1.165) is 54.9 Å². The molecule has 0 spiro atoms. The Morgan fingerprint density at radius 3 is 1.10 bits per heavy atom. The van der Waals surface area contributed by atoms with Gasteiger partial charge in [0, 0.05) is 22.9 Å². The smallest absolute Gasteiger partial charge is 0.318 e. The maximum atomic E-state index is 12.3. The molecule has 362 valence electrons. The van der Waals surface area contributed by atoms with Crippen LogP contribution in [0.4, 0.5) is 0 Å². The first-order valence-electron chi connectivity index (χ1n) is 22.4. The van der Waals surface area contributed by atoms with E-state index in [4.69, 9.17) is 37.9 Å². The first-order valence-corrected chi connectivity index (χ1v) is 24.5. The third-order valence-electron chi connectivity index (χ3n) is 11.3. The molecule has 0 aromatic heterocycles. The Balaban J connectivity index is 1.35. The minimum absolute atomic E-state index is 0.00760. The molecule has 4 unspecified atom stereocenters. The third-order valence-corrected chi connectivity index (χ3v) is 12.2. The molecule has 1 aliphatic carbocycles. The number of hydrogen-bond acceptors (Lipinski definition) is 16. The first kappa shape index (κ1) is 51.2. The number of ether oxygens (including phenoxy) is 8. The second kappa shape index (κ2) is 23.3. The van der Waals surface area contributed by atoms with E-state index < -0.39 is 50.3 Å². The summed E-state index contributed by atoms with van der Waals surface area (Å²) in [6.45, 7) is 6.88. The lowest BCUT2D eigenvalue weighted by atomic mass is 9.67. The van der Waals surface area contributed by atoms with Crippen molar-refractivity contribution in [3.63, 3.8) is 0 Å². The van der Waals surface area contributed by atoms with Gasteiger partial charge in [-0.05, 0) is 96.1 Å². The number of carbonyl (C=O) groups is 4. The van der Waals surface area contributed by atoms with Crippen LogP contribution >= 0.6 is 50.5 Å². The molecule has 4 atom stereocenters. The zero-order chi connectivity index (χ0) is 49.2. The SMILES string of the molecule is CC(S)C(=O)OCCOc1cc(OCCOC(=O)C(C)S)c2cc(C3(c4ccc5cc(OCCOC(=O)C(C)S)cc(OCCOC(=O)C(C)S)c5c4)c4ccccc4-c4ccccc43)ccc2c1. The Kier molecular flexibility index (Phi) is 17.3. The zero-order valence-electron chi connectivity index (χ0n) is 38.5. The van der Waals surface area contributed by atoms with Gasteiger partial charge in [-0.2, -0.15) is 50.5 Å². The molecule has 69 heavy (non-hydrogen) atoms. The molecule has 6 aromatic carbocycles. The summed E-state index contributed by atoms with van der Waals surface area (Å²) in [5.74, 6) is 0.132. The molecule has 1 aliphatic rings. The summed E-state index contributed by atoms with van der Waals surface area (Å²) in [4.78, 5) is 48.7. The number of hydrogen-bond donors (Lipinski definition) is 4. The van der Waals surface area contributed by atoms with Gasteiger partial charge < -0.3 is 37.9 Å². The van der Waals surface area contributed by atoms with Crippen LogP contribution in [0.3, 0.4) is 0 Å². The summed E-state index contributed by atoms with van der Waals surface area (Å²) < 4.78 is 46.4. The molecule has 7 rings (SSSR count). The Hall–Kier alpha value is -5.68. The van der Waals surface area contributed by atoms with Crippen LogP contribution in [0.2, 0.25) is 0 Å². The Morgan fingerprint density at radius 2 is 0.754 bits per heavy atom. The summed E-state index contributed by atoms with van der Waals surface area (Å²) in [6.07, 6.45) is 0. The van der Waals surface area contributed by atoms with Gasteiger partial charge in [-0.3, -0.25) is 19.2 Å². The van der Waals surface area contributed by atoms with Crippen LogP contribution in [0.1, 0.15) is 49.9 Å². The van der Waals surface area contributed by atoms with E-state index in [2.05, 4.69) is 99.0 Å². The maximum Gasteiger partial charge on any atom is 0.318 e. The molecule has 0 saturated carbocycles. The molecule has 0 radical (unpaired) electrons. The van der Waals surface area contributed by atoms with Crippen molar-refractivity contribution in [3.8, 4) is 34.1 Å². The van der Waals surface area contributed by atoms with Crippen LogP contribution in [0.5, 0.6) is 23.0 Å². The van der Waals surface area contributed by atoms with Gasteiger partial charge in [-0.15, -0.1) is 0 Å². The van der Waals surface area contributed by atoms with E-state index in [1.165, 1.54) is 0 Å². The number of thiol groups is 4. The van der Waals surface area contributed by atoms with Crippen molar-refractivity contribution in [1.82, 2.24) is 0 Å². The van der Waals surface area contributed by atoms with E-state index in [9.17, 15) is 19.2 Å². The van der Waals surface area contributed by atoms with Gasteiger partial charge >= 0.3 is 23.9 Å². The van der Waals surface area contributed by atoms with Gasteiger partial charge in [0.2, 0.25) is 0 Å². The summed E-state index contributed by atoms with van der Waals surface area (Å²) in [5, 5.41) is 0.851. The predicted octanol–water partition coefficient (Wildman–Crippen LogP) is 9.32. The average Bonchev–Trinajstić information content (AvgIpc) is 3.64. The summed E-state index contributed by atoms with van der Waals surface area (Å²) in [7, 11) is 0. The fourth-order valence-corrected chi connectivity index (χ4v) is 8.46. The molecule has 12 nitrogen and oxygen atoms in total. The summed E-state index contributed by atoms with van der Waals surface area (Å²) in [6, 6.07) is 36.6. The number of rotatable bonds is 22. The Morgan fingerprint density at radius 1 is 0.420 bits per heavy atom. The molecule has 0 aliphatic heterocycles. The number of fused-ring (bicyclic) bond motifs is 5. The zero-order valence-corrected chi connectivity index (χ0v) is 42.1. The largest absolute Gasteiger partial charge is 0.490 e. The van der Waals surface area contributed by atoms with Crippen LogP contribution < -0.4 is 18.9 Å². The standard InChI is InChI=1S/C53H54O12S4/c1-31(66)49(54)62-21-17-58-39-25-35-13-15-37(27-43(35)47(29-39)60-19-23-64-51(56)33(3)68)53(45-11-7-5-9-41(45)42-10-6-8-12-46(42)53)38-16-14-36-26-40(59-18-22-63-50(55)32(2)67)30-48(44(36)28-38)61-20-24-65-52(57)34(4)69/h5-16,25-34,66-69H,17-24H2,1-4H3. The van der Waals surface area contributed by atoms with E-state index >= 15 is 0 Å². The van der Waals surface area contributed by atoms with Crippen LogP contribution in [0, 0.1) is 0 Å². The molecule has 0 saturated heterocycles. The Bertz CT molecular complexity index is 2640. The van der Waals surface area contributed by atoms with Gasteiger partial charge in [0.1, 0.15) is 75.9 Å². The average molecular weight is 1010 g/mol. The van der Waals surface area contributed by atoms with Crippen molar-refractivity contribution >= 4 is 95.9 Å². The van der Waals surface area contributed by atoms with E-state index in [1.807, 2.05) is 48.5 Å². The Labute approximate surface area is 423 Å². The van der Waals surface area contributed by atoms with Gasteiger partial charge in [-0.25, -0.2) is 0 Å². The van der Waals surface area contributed by atoms with E-state index in [-0.39, 0.29) is 52.9 Å². The second-order valence-electron chi connectivity index (χ2n) is 16.3. The van der Waals surface area contributed by atoms with Crippen molar-refractivity contribution < 1.29 is 57.1 Å². The maximum absolute atomic E-state index is 12.3. The van der Waals surface area contributed by atoms with Gasteiger partial charge in [-0.1, -0.05) is 72.8 Å².